The number of halogens is 1. The number of hydrogen-bond donors (Lipinski definition) is 0. The van der Waals surface area contributed by atoms with Gasteiger partial charge in [-0.15, -0.1) is 5.10 Å². The summed E-state index contributed by atoms with van der Waals surface area (Å²) in [5.74, 6) is -1.63. The molecule has 0 atom stereocenters. The number of nitrogens with zero attached hydrogens (tertiary/aromatic N) is 3. The molecule has 0 saturated carbocycles. The zero-order chi connectivity index (χ0) is 17.2. The lowest BCUT2D eigenvalue weighted by Gasteiger charge is -2.26. The van der Waals surface area contributed by atoms with Crippen LogP contribution in [0.3, 0.4) is 0 Å². The number of benzene rings is 1. The predicted octanol–water partition coefficient (Wildman–Crippen LogP) is 1.66. The maximum atomic E-state index is 12.9. The Balaban J connectivity index is 1.75. The zero-order valence-electron chi connectivity index (χ0n) is 12.8. The monoisotopic (exact) mass is 353 g/mol. The van der Waals surface area contributed by atoms with Gasteiger partial charge in [-0.2, -0.15) is 0 Å². The number of hydrogen-bond acceptors (Lipinski definition) is 6. The maximum Gasteiger partial charge on any atom is 0.336 e. The lowest BCUT2D eigenvalue weighted by molar-refractivity contribution is -0.129. The summed E-state index contributed by atoms with van der Waals surface area (Å²) in [5.41, 5.74) is 0.396. The predicted molar refractivity (Wildman–Crippen MR) is 82.2 cm³/mol. The van der Waals surface area contributed by atoms with E-state index in [1.807, 2.05) is 0 Å². The van der Waals surface area contributed by atoms with Gasteiger partial charge in [-0.25, -0.2) is 12.8 Å². The molecule has 0 bridgehead atoms. The van der Waals surface area contributed by atoms with Gasteiger partial charge in [0, 0.05) is 18.7 Å². The Kier molecular flexibility index (Phi) is 4.61. The van der Waals surface area contributed by atoms with E-state index in [1.54, 1.807) is 0 Å². The van der Waals surface area contributed by atoms with Crippen LogP contribution in [-0.4, -0.2) is 48.3 Å². The topological polar surface area (TPSA) is 93.4 Å². The number of carbonyl (C=O) groups is 1. The smallest absolute Gasteiger partial charge is 0.336 e. The number of aromatic nitrogens is 2. The summed E-state index contributed by atoms with van der Waals surface area (Å²) in [6.45, 7) is 1.14. The number of amides is 1. The first-order valence-corrected chi connectivity index (χ1v) is 9.21. The second-order valence-corrected chi connectivity index (χ2v) is 7.45. The van der Waals surface area contributed by atoms with E-state index in [2.05, 4.69) is 10.2 Å². The van der Waals surface area contributed by atoms with Crippen molar-refractivity contribution in [2.45, 2.75) is 24.5 Å². The third-order valence-corrected chi connectivity index (χ3v) is 5.11. The molecule has 9 heteroatoms. The molecule has 2 heterocycles. The summed E-state index contributed by atoms with van der Waals surface area (Å²) in [7, 11) is -4.01. The molecular formula is C15H16FN3O4S. The second-order valence-electron chi connectivity index (χ2n) is 5.58. The Labute approximate surface area is 138 Å². The first-order valence-electron chi connectivity index (χ1n) is 7.56. The Morgan fingerprint density at radius 2 is 1.79 bits per heavy atom. The highest BCUT2D eigenvalue weighted by atomic mass is 32.2. The van der Waals surface area contributed by atoms with Crippen molar-refractivity contribution >= 4 is 15.7 Å². The third-order valence-electron chi connectivity index (χ3n) is 3.79. The highest BCUT2D eigenvalue weighted by molar-refractivity contribution is 7.91. The van der Waals surface area contributed by atoms with E-state index < -0.39 is 32.5 Å². The van der Waals surface area contributed by atoms with E-state index >= 15 is 0 Å². The molecule has 1 saturated heterocycles. The zero-order valence-corrected chi connectivity index (χ0v) is 13.6. The molecule has 1 fully saturated rings. The minimum absolute atomic E-state index is 0.0426. The maximum absolute atomic E-state index is 12.9. The van der Waals surface area contributed by atoms with E-state index in [9.17, 15) is 17.6 Å². The van der Waals surface area contributed by atoms with Crippen LogP contribution in [0.2, 0.25) is 0 Å². The van der Waals surface area contributed by atoms with Gasteiger partial charge in [-0.3, -0.25) is 4.79 Å². The fourth-order valence-electron chi connectivity index (χ4n) is 2.50. The summed E-state index contributed by atoms with van der Waals surface area (Å²) in [6, 6.07) is 5.21. The quantitative estimate of drug-likeness (QED) is 0.830. The minimum atomic E-state index is -4.01. The molecule has 0 radical (unpaired) electrons. The van der Waals surface area contributed by atoms with Crippen molar-refractivity contribution in [2.75, 3.05) is 18.8 Å². The van der Waals surface area contributed by atoms with Crippen LogP contribution in [0.5, 0.6) is 0 Å². The minimum Gasteiger partial charge on any atom is -0.408 e. The molecule has 24 heavy (non-hydrogen) atoms. The Morgan fingerprint density at radius 3 is 2.46 bits per heavy atom. The molecule has 128 valence electrons. The van der Waals surface area contributed by atoms with Crippen molar-refractivity contribution in [1.82, 2.24) is 15.1 Å². The molecule has 0 spiro atoms. The van der Waals surface area contributed by atoms with Crippen LogP contribution in [0.15, 0.2) is 33.9 Å². The van der Waals surface area contributed by atoms with Crippen molar-refractivity contribution in [3.05, 3.63) is 30.1 Å². The normalized spacial score (nSPS) is 15.5. The average molecular weight is 353 g/mol. The molecule has 2 aromatic rings. The van der Waals surface area contributed by atoms with Crippen molar-refractivity contribution in [1.29, 1.82) is 0 Å². The average Bonchev–Trinajstić information content (AvgIpc) is 3.07. The molecule has 7 nitrogen and oxygen atoms in total. The van der Waals surface area contributed by atoms with E-state index in [0.29, 0.717) is 18.7 Å². The Morgan fingerprint density at radius 1 is 1.12 bits per heavy atom. The molecule has 0 N–H and O–H groups in total. The van der Waals surface area contributed by atoms with E-state index in [1.165, 1.54) is 29.2 Å². The fraction of sp³-hybridized carbons (Fsp3) is 0.400. The van der Waals surface area contributed by atoms with Gasteiger partial charge < -0.3 is 9.32 Å². The molecule has 1 aromatic carbocycles. The molecule has 1 aliphatic rings. The molecule has 1 amide bonds. The highest BCUT2D eigenvalue weighted by Crippen LogP contribution is 2.21. The van der Waals surface area contributed by atoms with Gasteiger partial charge in [0.1, 0.15) is 11.6 Å². The summed E-state index contributed by atoms with van der Waals surface area (Å²) < 4.78 is 42.6. The number of likely N-dealkylation sites (tertiary alicyclic amines) is 1. The van der Waals surface area contributed by atoms with Crippen LogP contribution < -0.4 is 0 Å². The summed E-state index contributed by atoms with van der Waals surface area (Å²) in [5, 5.41) is 6.57. The standard InChI is InChI=1S/C15H16FN3O4S/c16-12-6-4-11(5-7-12)14-17-18-15(23-14)24(21,22)10-13(20)19-8-2-1-3-9-19/h4-7H,1-3,8-10H2. The molecule has 0 unspecified atom stereocenters. The molecule has 3 rings (SSSR count). The number of piperidine rings is 1. The van der Waals surface area contributed by atoms with Gasteiger partial charge in [-0.05, 0) is 43.5 Å². The largest absolute Gasteiger partial charge is 0.408 e. The van der Waals surface area contributed by atoms with Gasteiger partial charge >= 0.3 is 5.22 Å². The van der Waals surface area contributed by atoms with Crippen LogP contribution in [0, 0.1) is 5.82 Å². The SMILES string of the molecule is O=C(CS(=O)(=O)c1nnc(-c2ccc(F)cc2)o1)N1CCCCC1. The van der Waals surface area contributed by atoms with Gasteiger partial charge in [0.15, 0.2) is 0 Å². The van der Waals surface area contributed by atoms with E-state index in [4.69, 9.17) is 4.42 Å². The fourth-order valence-corrected chi connectivity index (χ4v) is 3.51. The second kappa shape index (κ2) is 6.68. The van der Waals surface area contributed by atoms with Crippen molar-refractivity contribution in [3.8, 4) is 11.5 Å². The van der Waals surface area contributed by atoms with Gasteiger partial charge in [0.05, 0.1) is 0 Å². The lowest BCUT2D eigenvalue weighted by Crippen LogP contribution is -2.39. The van der Waals surface area contributed by atoms with Gasteiger partial charge in [0.2, 0.25) is 21.6 Å². The molecule has 0 aliphatic carbocycles. The number of sulfone groups is 1. The van der Waals surface area contributed by atoms with Crippen molar-refractivity contribution in [2.24, 2.45) is 0 Å². The van der Waals surface area contributed by atoms with Gasteiger partial charge in [-0.1, -0.05) is 5.10 Å². The van der Waals surface area contributed by atoms with E-state index in [0.717, 1.165) is 19.3 Å². The first kappa shape index (κ1) is 16.6. The van der Waals surface area contributed by atoms with Crippen LogP contribution in [0.1, 0.15) is 19.3 Å². The van der Waals surface area contributed by atoms with Crippen LogP contribution >= 0.6 is 0 Å². The highest BCUT2D eigenvalue weighted by Gasteiger charge is 2.29. The van der Waals surface area contributed by atoms with Crippen LogP contribution in [-0.2, 0) is 14.6 Å². The number of rotatable bonds is 4. The van der Waals surface area contributed by atoms with Crippen LogP contribution in [0.4, 0.5) is 4.39 Å². The summed E-state index contributed by atoms with van der Waals surface area (Å²) in [4.78, 5) is 13.7. The Hall–Kier alpha value is -2.29. The molecule has 1 aromatic heterocycles. The van der Waals surface area contributed by atoms with E-state index in [-0.39, 0.29) is 5.89 Å². The first-order chi connectivity index (χ1) is 11.5. The summed E-state index contributed by atoms with van der Waals surface area (Å²) in [6.07, 6.45) is 2.79. The molecular weight excluding hydrogens is 337 g/mol. The summed E-state index contributed by atoms with van der Waals surface area (Å²) >= 11 is 0. The van der Waals surface area contributed by atoms with Crippen molar-refractivity contribution < 1.29 is 22.0 Å². The van der Waals surface area contributed by atoms with Crippen LogP contribution in [0.25, 0.3) is 11.5 Å². The van der Waals surface area contributed by atoms with Gasteiger partial charge in [0.25, 0.3) is 0 Å². The van der Waals surface area contributed by atoms with Crippen molar-refractivity contribution in [3.63, 3.8) is 0 Å². The number of carbonyl (C=O) groups excluding carboxylic acids is 1. The molecule has 1 aliphatic heterocycles. The lowest BCUT2D eigenvalue weighted by atomic mass is 10.1. The Bertz CT molecular complexity index is 827. The third kappa shape index (κ3) is 3.61.